The standard InChI is InChI=1S/C22H24ClF4N5O4S/c1-13-17(12-28-31(13)16-9-7-15(24)8-10-16)29-21(33)18(6-4-5-11-36-37(3,34)35)32-14(2)19(23)20(30-32)22(25,26)27/h7-10,12,18H,4-6,11H2,1-3H3,(H,29,33). The normalized spacial score (nSPS) is 13.1. The summed E-state index contributed by atoms with van der Waals surface area (Å²) in [5.41, 5.74) is -0.0602. The minimum Gasteiger partial charge on any atom is -0.321 e. The fourth-order valence-corrected chi connectivity index (χ4v) is 4.24. The average Bonchev–Trinajstić information content (AvgIpc) is 3.30. The molecule has 0 spiro atoms. The molecule has 0 bridgehead atoms. The van der Waals surface area contributed by atoms with Gasteiger partial charge in [0.2, 0.25) is 5.91 Å². The molecule has 3 aromatic rings. The number of rotatable bonds is 10. The largest absolute Gasteiger partial charge is 0.436 e. The minimum atomic E-state index is -4.83. The highest BCUT2D eigenvalue weighted by atomic mass is 35.5. The van der Waals surface area contributed by atoms with Crippen molar-refractivity contribution in [3.8, 4) is 5.69 Å². The van der Waals surface area contributed by atoms with Crippen LogP contribution in [0.4, 0.5) is 23.2 Å². The van der Waals surface area contributed by atoms with Crippen LogP contribution in [0.5, 0.6) is 0 Å². The van der Waals surface area contributed by atoms with Gasteiger partial charge in [-0.15, -0.1) is 0 Å². The predicted molar refractivity (Wildman–Crippen MR) is 128 cm³/mol. The van der Waals surface area contributed by atoms with Crippen molar-refractivity contribution in [2.75, 3.05) is 18.2 Å². The highest BCUT2D eigenvalue weighted by molar-refractivity contribution is 7.85. The van der Waals surface area contributed by atoms with Crippen molar-refractivity contribution in [3.05, 3.63) is 58.4 Å². The zero-order valence-corrected chi connectivity index (χ0v) is 21.6. The molecule has 0 aliphatic carbocycles. The van der Waals surface area contributed by atoms with Gasteiger partial charge in [-0.05, 0) is 57.4 Å². The monoisotopic (exact) mass is 565 g/mol. The maximum atomic E-state index is 13.4. The third-order valence-electron chi connectivity index (χ3n) is 5.45. The van der Waals surface area contributed by atoms with Gasteiger partial charge in [0.1, 0.15) is 11.9 Å². The summed E-state index contributed by atoms with van der Waals surface area (Å²) in [5.74, 6) is -1.11. The molecule has 37 heavy (non-hydrogen) atoms. The number of nitrogens with zero attached hydrogens (tertiary/aromatic N) is 4. The molecule has 0 saturated heterocycles. The smallest absolute Gasteiger partial charge is 0.321 e. The Morgan fingerprint density at radius 3 is 2.38 bits per heavy atom. The molecular weight excluding hydrogens is 542 g/mol. The Kier molecular flexibility index (Phi) is 8.65. The van der Waals surface area contributed by atoms with E-state index in [0.717, 1.165) is 10.9 Å². The van der Waals surface area contributed by atoms with Gasteiger partial charge in [0.15, 0.2) is 5.69 Å². The third kappa shape index (κ3) is 7.08. The molecule has 0 aliphatic rings. The molecule has 15 heteroatoms. The van der Waals surface area contributed by atoms with Crippen LogP contribution in [0.2, 0.25) is 5.02 Å². The van der Waals surface area contributed by atoms with E-state index in [1.165, 1.54) is 42.1 Å². The number of alkyl halides is 3. The molecule has 1 amide bonds. The second-order valence-electron chi connectivity index (χ2n) is 8.25. The van der Waals surface area contributed by atoms with Gasteiger partial charge in [0, 0.05) is 0 Å². The minimum absolute atomic E-state index is 0.0141. The van der Waals surface area contributed by atoms with E-state index in [4.69, 9.17) is 11.6 Å². The van der Waals surface area contributed by atoms with Crippen LogP contribution in [-0.4, -0.2) is 46.7 Å². The average molecular weight is 566 g/mol. The molecule has 1 atom stereocenters. The molecule has 0 aliphatic heterocycles. The molecule has 9 nitrogen and oxygen atoms in total. The lowest BCUT2D eigenvalue weighted by Crippen LogP contribution is -2.28. The number of nitrogens with one attached hydrogen (secondary N) is 1. The van der Waals surface area contributed by atoms with Crippen LogP contribution in [0.25, 0.3) is 5.69 Å². The maximum absolute atomic E-state index is 13.4. The summed E-state index contributed by atoms with van der Waals surface area (Å²) in [4.78, 5) is 13.3. The van der Waals surface area contributed by atoms with Gasteiger partial charge in [0.05, 0.1) is 46.8 Å². The molecule has 1 unspecified atom stereocenters. The van der Waals surface area contributed by atoms with E-state index in [-0.39, 0.29) is 37.3 Å². The Morgan fingerprint density at radius 1 is 1.16 bits per heavy atom. The molecular formula is C22H24ClF4N5O4S. The zero-order valence-electron chi connectivity index (χ0n) is 20.0. The summed E-state index contributed by atoms with van der Waals surface area (Å²) in [7, 11) is -3.66. The second-order valence-corrected chi connectivity index (χ2v) is 10.3. The zero-order chi connectivity index (χ0) is 27.5. The van der Waals surface area contributed by atoms with Gasteiger partial charge < -0.3 is 5.32 Å². The molecule has 202 valence electrons. The molecule has 0 saturated carbocycles. The summed E-state index contributed by atoms with van der Waals surface area (Å²) < 4.78 is 82.8. The number of unbranched alkanes of at least 4 members (excludes halogenated alkanes) is 1. The SMILES string of the molecule is Cc1c(NC(=O)C(CCCCOS(C)(=O)=O)n2nc(C(F)(F)F)c(Cl)c2C)cnn1-c1ccc(F)cc1. The lowest BCUT2D eigenvalue weighted by Gasteiger charge is -2.19. The maximum Gasteiger partial charge on any atom is 0.436 e. The van der Waals surface area contributed by atoms with Crippen molar-refractivity contribution in [2.45, 2.75) is 45.3 Å². The fourth-order valence-electron chi connectivity index (χ4n) is 3.59. The number of hydrogen-bond acceptors (Lipinski definition) is 6. The highest BCUT2D eigenvalue weighted by Gasteiger charge is 2.39. The van der Waals surface area contributed by atoms with Crippen molar-refractivity contribution in [1.82, 2.24) is 19.6 Å². The van der Waals surface area contributed by atoms with E-state index >= 15 is 0 Å². The Morgan fingerprint density at radius 2 is 1.81 bits per heavy atom. The summed E-state index contributed by atoms with van der Waals surface area (Å²) in [6.07, 6.45) is -2.11. The molecule has 3 rings (SSSR count). The quantitative estimate of drug-likeness (QED) is 0.214. The first-order valence-corrected chi connectivity index (χ1v) is 13.2. The number of benzene rings is 1. The Balaban J connectivity index is 1.86. The first-order chi connectivity index (χ1) is 17.2. The van der Waals surface area contributed by atoms with Crippen LogP contribution in [0, 0.1) is 19.7 Å². The van der Waals surface area contributed by atoms with Crippen molar-refractivity contribution in [2.24, 2.45) is 0 Å². The number of halogens is 5. The third-order valence-corrected chi connectivity index (χ3v) is 6.50. The molecule has 2 aromatic heterocycles. The van der Waals surface area contributed by atoms with E-state index in [1.54, 1.807) is 6.92 Å². The van der Waals surface area contributed by atoms with Crippen LogP contribution < -0.4 is 5.32 Å². The first kappa shape index (κ1) is 28.6. The van der Waals surface area contributed by atoms with Gasteiger partial charge >= 0.3 is 6.18 Å². The van der Waals surface area contributed by atoms with E-state index < -0.39 is 44.8 Å². The highest BCUT2D eigenvalue weighted by Crippen LogP contribution is 2.37. The first-order valence-electron chi connectivity index (χ1n) is 11.0. The van der Waals surface area contributed by atoms with Crippen molar-refractivity contribution < 1.29 is 35.0 Å². The topological polar surface area (TPSA) is 108 Å². The van der Waals surface area contributed by atoms with Gasteiger partial charge in [-0.1, -0.05) is 11.6 Å². The lowest BCUT2D eigenvalue weighted by molar-refractivity contribution is -0.141. The lowest BCUT2D eigenvalue weighted by atomic mass is 10.1. The molecule has 2 heterocycles. The molecule has 1 aromatic carbocycles. The number of aromatic nitrogens is 4. The van der Waals surface area contributed by atoms with Crippen molar-refractivity contribution in [3.63, 3.8) is 0 Å². The van der Waals surface area contributed by atoms with E-state index in [9.17, 15) is 30.8 Å². The summed E-state index contributed by atoms with van der Waals surface area (Å²) in [5, 5.41) is 9.81. The van der Waals surface area contributed by atoms with Crippen LogP contribution >= 0.6 is 11.6 Å². The van der Waals surface area contributed by atoms with E-state index in [1.807, 2.05) is 0 Å². The molecule has 1 N–H and O–H groups in total. The van der Waals surface area contributed by atoms with Crippen LogP contribution in [0.1, 0.15) is 42.4 Å². The van der Waals surface area contributed by atoms with Crippen LogP contribution in [0.3, 0.4) is 0 Å². The number of carbonyl (C=O) groups is 1. The van der Waals surface area contributed by atoms with Gasteiger partial charge in [-0.2, -0.15) is 31.8 Å². The van der Waals surface area contributed by atoms with Crippen molar-refractivity contribution in [1.29, 1.82) is 0 Å². The number of carbonyl (C=O) groups excluding carboxylic acids is 1. The van der Waals surface area contributed by atoms with E-state index in [0.29, 0.717) is 11.4 Å². The number of anilines is 1. The van der Waals surface area contributed by atoms with E-state index in [2.05, 4.69) is 19.7 Å². The Hall–Kier alpha value is -2.97. The van der Waals surface area contributed by atoms with Gasteiger partial charge in [0.25, 0.3) is 10.1 Å². The second kappa shape index (κ2) is 11.2. The fraction of sp³-hybridized carbons (Fsp3) is 0.409. The van der Waals surface area contributed by atoms with Crippen LogP contribution in [0.15, 0.2) is 30.5 Å². The molecule has 0 fully saturated rings. The van der Waals surface area contributed by atoms with Gasteiger partial charge in [-0.3, -0.25) is 13.7 Å². The summed E-state index contributed by atoms with van der Waals surface area (Å²) in [6.45, 7) is 2.82. The summed E-state index contributed by atoms with van der Waals surface area (Å²) in [6, 6.07) is 4.29. The predicted octanol–water partition coefficient (Wildman–Crippen LogP) is 4.82. The number of amides is 1. The van der Waals surface area contributed by atoms with Gasteiger partial charge in [-0.25, -0.2) is 9.07 Å². The summed E-state index contributed by atoms with van der Waals surface area (Å²) >= 11 is 5.89. The Bertz CT molecular complexity index is 1370. The van der Waals surface area contributed by atoms with Crippen molar-refractivity contribution >= 4 is 33.3 Å². The Labute approximate surface area is 215 Å². The number of hydrogen-bond donors (Lipinski definition) is 1. The molecule has 0 radical (unpaired) electrons. The van der Waals surface area contributed by atoms with Crippen LogP contribution in [-0.2, 0) is 25.3 Å².